The molecule has 5 heteroatoms. The highest BCUT2D eigenvalue weighted by Crippen LogP contribution is 1.95. The maximum absolute atomic E-state index is 11.4. The van der Waals surface area contributed by atoms with Gasteiger partial charge >= 0.3 is 6.03 Å². The number of rotatable bonds is 3. The normalized spacial score (nSPS) is 9.60. The Balaban J connectivity index is 3.12. The van der Waals surface area contributed by atoms with Crippen molar-refractivity contribution in [3.05, 3.63) is 0 Å². The quantitative estimate of drug-likeness (QED) is 0.610. The summed E-state index contributed by atoms with van der Waals surface area (Å²) in [6.45, 7) is 0.0112. The predicted octanol–water partition coefficient (Wildman–Crippen LogP) is 0.571. The second-order valence-corrected chi connectivity index (χ2v) is 1.69. The monoisotopic (exact) mass is 152 g/mol. The second-order valence-electron chi connectivity index (χ2n) is 1.69. The highest BCUT2D eigenvalue weighted by Gasteiger charge is 2.01. The second kappa shape index (κ2) is 4.96. The fourth-order valence-corrected chi connectivity index (χ4v) is 0.383. The van der Waals surface area contributed by atoms with Gasteiger partial charge in [-0.2, -0.15) is 0 Å². The molecule has 10 heavy (non-hydrogen) atoms. The Morgan fingerprint density at radius 2 is 2.20 bits per heavy atom. The highest BCUT2D eigenvalue weighted by atomic mass is 19.3. The molecule has 0 aromatic carbocycles. The van der Waals surface area contributed by atoms with E-state index >= 15 is 0 Å². The van der Waals surface area contributed by atoms with E-state index in [0.717, 1.165) is 0 Å². The van der Waals surface area contributed by atoms with E-state index in [2.05, 4.69) is 10.6 Å². The van der Waals surface area contributed by atoms with Crippen LogP contribution in [0.25, 0.3) is 0 Å². The molecule has 0 unspecified atom stereocenters. The third-order valence-corrected chi connectivity index (χ3v) is 0.875. The summed E-state index contributed by atoms with van der Waals surface area (Å²) in [4.78, 5) is 10.3. The van der Waals surface area contributed by atoms with Crippen LogP contribution in [0.2, 0.25) is 0 Å². The number of alkyl halides is 2. The zero-order valence-electron chi connectivity index (χ0n) is 5.66. The number of carbonyl (C=O) groups excluding carboxylic acids is 1. The van der Waals surface area contributed by atoms with Gasteiger partial charge in [0.2, 0.25) is 6.43 Å². The van der Waals surface area contributed by atoms with Crippen LogP contribution in [0.5, 0.6) is 0 Å². The molecule has 0 bridgehead atoms. The van der Waals surface area contributed by atoms with Crippen molar-refractivity contribution in [2.75, 3.05) is 13.6 Å². The molecule has 2 N–H and O–H groups in total. The Kier molecular flexibility index (Phi) is 4.53. The molecule has 2 amide bonds. The lowest BCUT2D eigenvalue weighted by Crippen LogP contribution is -2.33. The van der Waals surface area contributed by atoms with Crippen LogP contribution in [0, 0.1) is 0 Å². The Morgan fingerprint density at radius 1 is 1.60 bits per heavy atom. The number of hydrogen-bond acceptors (Lipinski definition) is 1. The lowest BCUT2D eigenvalue weighted by Gasteiger charge is -2.01. The molecule has 0 aliphatic carbocycles. The molecule has 3 nitrogen and oxygen atoms in total. The number of halogens is 2. The largest absolute Gasteiger partial charge is 0.341 e. The van der Waals surface area contributed by atoms with Crippen LogP contribution >= 0.6 is 0 Å². The lowest BCUT2D eigenvalue weighted by atomic mass is 10.4. The number of urea groups is 1. The highest BCUT2D eigenvalue weighted by molar-refractivity contribution is 5.73. The van der Waals surface area contributed by atoms with E-state index in [-0.39, 0.29) is 13.0 Å². The van der Waals surface area contributed by atoms with Crippen molar-refractivity contribution in [2.24, 2.45) is 0 Å². The smallest absolute Gasteiger partial charge is 0.314 e. The van der Waals surface area contributed by atoms with Crippen LogP contribution in [-0.2, 0) is 0 Å². The van der Waals surface area contributed by atoms with Gasteiger partial charge in [0.05, 0.1) is 0 Å². The first-order valence-corrected chi connectivity index (χ1v) is 2.90. The average Bonchev–Trinajstić information content (AvgIpc) is 1.87. The van der Waals surface area contributed by atoms with Crippen molar-refractivity contribution < 1.29 is 13.6 Å². The van der Waals surface area contributed by atoms with Crippen molar-refractivity contribution in [3.63, 3.8) is 0 Å². The minimum atomic E-state index is -2.35. The molecule has 0 saturated heterocycles. The number of amides is 2. The van der Waals surface area contributed by atoms with Crippen LogP contribution in [0.1, 0.15) is 6.42 Å². The SMILES string of the molecule is CNC(=O)NCCC(F)F. The van der Waals surface area contributed by atoms with Crippen molar-refractivity contribution in [2.45, 2.75) is 12.8 Å². The van der Waals surface area contributed by atoms with Gasteiger partial charge in [0.15, 0.2) is 0 Å². The molecular formula is C5H10F2N2O. The summed E-state index contributed by atoms with van der Waals surface area (Å²) < 4.78 is 22.8. The molecule has 0 heterocycles. The number of carbonyl (C=O) groups is 1. The topological polar surface area (TPSA) is 41.1 Å². The molecule has 0 aromatic rings. The maximum atomic E-state index is 11.4. The number of hydrogen-bond donors (Lipinski definition) is 2. The van der Waals surface area contributed by atoms with Crippen LogP contribution < -0.4 is 10.6 Å². The first kappa shape index (κ1) is 9.13. The van der Waals surface area contributed by atoms with Gasteiger partial charge in [0.25, 0.3) is 0 Å². The van der Waals surface area contributed by atoms with E-state index in [0.29, 0.717) is 0 Å². The summed E-state index contributed by atoms with van der Waals surface area (Å²) in [6, 6.07) is -0.430. The molecule has 0 aliphatic heterocycles. The first-order chi connectivity index (χ1) is 4.66. The van der Waals surface area contributed by atoms with Gasteiger partial charge in [0.1, 0.15) is 0 Å². The summed E-state index contributed by atoms with van der Waals surface area (Å²) in [5.74, 6) is 0. The molecular weight excluding hydrogens is 142 g/mol. The molecule has 0 atom stereocenters. The minimum Gasteiger partial charge on any atom is -0.341 e. The van der Waals surface area contributed by atoms with E-state index in [4.69, 9.17) is 0 Å². The molecule has 0 spiro atoms. The summed E-state index contributed by atoms with van der Waals surface area (Å²) in [6.07, 6.45) is -2.65. The zero-order valence-corrected chi connectivity index (χ0v) is 5.66. The van der Waals surface area contributed by atoms with E-state index in [1.54, 1.807) is 0 Å². The fraction of sp³-hybridized carbons (Fsp3) is 0.800. The van der Waals surface area contributed by atoms with Crippen LogP contribution in [0.15, 0.2) is 0 Å². The number of nitrogens with one attached hydrogen (secondary N) is 2. The van der Waals surface area contributed by atoms with Gasteiger partial charge in [-0.05, 0) is 0 Å². The molecule has 0 rings (SSSR count). The van der Waals surface area contributed by atoms with Crippen molar-refractivity contribution in [1.82, 2.24) is 10.6 Å². The maximum Gasteiger partial charge on any atom is 0.314 e. The average molecular weight is 152 g/mol. The lowest BCUT2D eigenvalue weighted by molar-refractivity contribution is 0.138. The predicted molar refractivity (Wildman–Crippen MR) is 33.1 cm³/mol. The third kappa shape index (κ3) is 5.27. The van der Waals surface area contributed by atoms with E-state index in [9.17, 15) is 13.6 Å². The van der Waals surface area contributed by atoms with Gasteiger partial charge in [-0.25, -0.2) is 13.6 Å². The standard InChI is InChI=1S/C5H10F2N2O/c1-8-5(10)9-3-2-4(6)7/h4H,2-3H2,1H3,(H2,8,9,10). The first-order valence-electron chi connectivity index (χ1n) is 2.90. The van der Waals surface area contributed by atoms with E-state index < -0.39 is 12.5 Å². The van der Waals surface area contributed by atoms with Crippen LogP contribution in [-0.4, -0.2) is 26.0 Å². The summed E-state index contributed by atoms with van der Waals surface area (Å²) >= 11 is 0. The summed E-state index contributed by atoms with van der Waals surface area (Å²) in [5.41, 5.74) is 0. The Morgan fingerprint density at radius 3 is 2.60 bits per heavy atom. The summed E-state index contributed by atoms with van der Waals surface area (Å²) in [7, 11) is 1.43. The molecule has 0 aromatic heterocycles. The van der Waals surface area contributed by atoms with Gasteiger partial charge in [-0.3, -0.25) is 0 Å². The third-order valence-electron chi connectivity index (χ3n) is 0.875. The molecule has 0 aliphatic rings. The van der Waals surface area contributed by atoms with Gasteiger partial charge in [0, 0.05) is 20.0 Å². The Hall–Kier alpha value is -0.870. The Bertz CT molecular complexity index is 108. The van der Waals surface area contributed by atoms with Gasteiger partial charge in [-0.15, -0.1) is 0 Å². The van der Waals surface area contributed by atoms with Crippen LogP contribution in [0.3, 0.4) is 0 Å². The molecule has 0 radical (unpaired) electrons. The summed E-state index contributed by atoms with van der Waals surface area (Å²) in [5, 5.41) is 4.48. The van der Waals surface area contributed by atoms with E-state index in [1.165, 1.54) is 7.05 Å². The van der Waals surface area contributed by atoms with Gasteiger partial charge < -0.3 is 10.6 Å². The Labute approximate surface area is 57.8 Å². The van der Waals surface area contributed by atoms with Gasteiger partial charge in [-0.1, -0.05) is 0 Å². The molecule has 0 saturated carbocycles. The van der Waals surface area contributed by atoms with E-state index in [1.807, 2.05) is 0 Å². The fourth-order valence-electron chi connectivity index (χ4n) is 0.383. The minimum absolute atomic E-state index is 0.0112. The zero-order chi connectivity index (χ0) is 7.98. The van der Waals surface area contributed by atoms with Crippen LogP contribution in [0.4, 0.5) is 13.6 Å². The molecule has 0 fully saturated rings. The molecule has 60 valence electrons. The van der Waals surface area contributed by atoms with Crippen molar-refractivity contribution in [3.8, 4) is 0 Å². The van der Waals surface area contributed by atoms with Crippen molar-refractivity contribution >= 4 is 6.03 Å². The van der Waals surface area contributed by atoms with Crippen molar-refractivity contribution in [1.29, 1.82) is 0 Å².